The van der Waals surface area contributed by atoms with Gasteiger partial charge in [-0.1, -0.05) is 47.5 Å². The van der Waals surface area contributed by atoms with E-state index in [1.54, 1.807) is 50.2 Å². The van der Waals surface area contributed by atoms with Crippen LogP contribution in [0.1, 0.15) is 28.4 Å². The first-order valence-electron chi connectivity index (χ1n) is 10.5. The highest BCUT2D eigenvalue weighted by molar-refractivity contribution is 7.92. The van der Waals surface area contributed by atoms with Gasteiger partial charge < -0.3 is 10.1 Å². The summed E-state index contributed by atoms with van der Waals surface area (Å²) in [6, 6.07) is 17.7. The second-order valence-electron chi connectivity index (χ2n) is 7.57. The molecule has 7 nitrogen and oxygen atoms in total. The lowest BCUT2D eigenvalue weighted by Crippen LogP contribution is -2.38. The molecule has 0 radical (unpaired) electrons. The predicted molar refractivity (Wildman–Crippen MR) is 133 cm³/mol. The van der Waals surface area contributed by atoms with Crippen LogP contribution in [0.15, 0.2) is 71.6 Å². The van der Waals surface area contributed by atoms with Gasteiger partial charge in [0, 0.05) is 5.69 Å². The number of hydrogen-bond donors (Lipinski definition) is 1. The summed E-state index contributed by atoms with van der Waals surface area (Å²) in [5, 5.41) is 2.83. The highest BCUT2D eigenvalue weighted by Crippen LogP contribution is 2.27. The number of rotatable bonds is 8. The highest BCUT2D eigenvalue weighted by atomic mass is 35.5. The molecule has 3 rings (SSSR count). The molecule has 0 spiro atoms. The molecule has 34 heavy (non-hydrogen) atoms. The number of sulfonamides is 1. The second kappa shape index (κ2) is 10.7. The monoisotopic (exact) mass is 500 g/mol. The summed E-state index contributed by atoms with van der Waals surface area (Å²) in [4.78, 5) is 25.1. The van der Waals surface area contributed by atoms with Crippen molar-refractivity contribution in [3.8, 4) is 0 Å². The third kappa shape index (κ3) is 5.76. The molecule has 9 heteroatoms. The van der Waals surface area contributed by atoms with Crippen molar-refractivity contribution < 1.29 is 22.7 Å². The molecule has 3 aromatic rings. The first-order chi connectivity index (χ1) is 16.1. The Morgan fingerprint density at radius 1 is 1.00 bits per heavy atom. The summed E-state index contributed by atoms with van der Waals surface area (Å²) >= 11 is 6.08. The minimum absolute atomic E-state index is 0.0743. The summed E-state index contributed by atoms with van der Waals surface area (Å²) in [5.41, 5.74) is 2.39. The van der Waals surface area contributed by atoms with Crippen LogP contribution in [-0.4, -0.2) is 33.4 Å². The minimum atomic E-state index is -4.04. The minimum Gasteiger partial charge on any atom is -0.462 e. The number of esters is 1. The lowest BCUT2D eigenvalue weighted by atomic mass is 10.2. The molecule has 0 aliphatic rings. The lowest BCUT2D eigenvalue weighted by Gasteiger charge is -2.25. The van der Waals surface area contributed by atoms with Gasteiger partial charge >= 0.3 is 5.97 Å². The molecule has 0 saturated carbocycles. The number of carbonyl (C=O) groups is 2. The van der Waals surface area contributed by atoms with Crippen molar-refractivity contribution in [3.05, 3.63) is 88.4 Å². The fourth-order valence-corrected chi connectivity index (χ4v) is 4.96. The van der Waals surface area contributed by atoms with Gasteiger partial charge in [0.1, 0.15) is 6.54 Å². The van der Waals surface area contributed by atoms with Crippen molar-refractivity contribution >= 4 is 44.9 Å². The van der Waals surface area contributed by atoms with Gasteiger partial charge in [0.05, 0.1) is 27.8 Å². The summed E-state index contributed by atoms with van der Waals surface area (Å²) in [7, 11) is -4.04. The van der Waals surface area contributed by atoms with Gasteiger partial charge in [-0.15, -0.1) is 0 Å². The maximum absolute atomic E-state index is 13.5. The Bertz CT molecular complexity index is 1310. The van der Waals surface area contributed by atoms with E-state index in [-0.39, 0.29) is 27.8 Å². The third-order valence-corrected chi connectivity index (χ3v) is 7.13. The van der Waals surface area contributed by atoms with Crippen LogP contribution in [0, 0.1) is 13.8 Å². The van der Waals surface area contributed by atoms with Gasteiger partial charge in [-0.2, -0.15) is 0 Å². The molecule has 3 aromatic carbocycles. The quantitative estimate of drug-likeness (QED) is 0.441. The molecule has 0 atom stereocenters. The molecule has 0 unspecified atom stereocenters. The predicted octanol–water partition coefficient (Wildman–Crippen LogP) is 4.97. The molecule has 0 bridgehead atoms. The number of hydrogen-bond acceptors (Lipinski definition) is 5. The Kier molecular flexibility index (Phi) is 7.96. The molecule has 1 amide bonds. The maximum Gasteiger partial charge on any atom is 0.339 e. The zero-order valence-electron chi connectivity index (χ0n) is 19.0. The molecule has 0 aliphatic heterocycles. The van der Waals surface area contributed by atoms with E-state index in [0.29, 0.717) is 11.3 Å². The first-order valence-corrected chi connectivity index (χ1v) is 12.4. The number of amides is 1. The third-order valence-electron chi connectivity index (χ3n) is 5.03. The summed E-state index contributed by atoms with van der Waals surface area (Å²) in [5.74, 6) is -1.21. The van der Waals surface area contributed by atoms with E-state index < -0.39 is 28.4 Å². The fraction of sp³-hybridized carbons (Fsp3) is 0.200. The molecule has 0 heterocycles. The number of para-hydroxylation sites is 1. The van der Waals surface area contributed by atoms with Crippen molar-refractivity contribution in [2.24, 2.45) is 0 Å². The number of nitrogens with one attached hydrogen (secondary N) is 1. The van der Waals surface area contributed by atoms with Crippen LogP contribution in [0.25, 0.3) is 0 Å². The number of carbonyl (C=O) groups excluding carboxylic acids is 2. The zero-order valence-corrected chi connectivity index (χ0v) is 20.6. The van der Waals surface area contributed by atoms with Gasteiger partial charge in [-0.25, -0.2) is 13.2 Å². The summed E-state index contributed by atoms with van der Waals surface area (Å²) in [6.45, 7) is 5.01. The number of benzene rings is 3. The Morgan fingerprint density at radius 3 is 2.32 bits per heavy atom. The van der Waals surface area contributed by atoms with Crippen LogP contribution in [-0.2, 0) is 19.6 Å². The van der Waals surface area contributed by atoms with Crippen LogP contribution < -0.4 is 9.62 Å². The zero-order chi connectivity index (χ0) is 24.9. The van der Waals surface area contributed by atoms with E-state index in [9.17, 15) is 18.0 Å². The standard InChI is InChI=1S/C25H25ClN2O5S/c1-4-33-25(30)21-15-19(11-14-22(21)26)27-24(29)16-28(23-8-6-5-7-18(23)3)34(31,32)20-12-9-17(2)10-13-20/h5-15H,4,16H2,1-3H3,(H,27,29). The largest absolute Gasteiger partial charge is 0.462 e. The summed E-state index contributed by atoms with van der Waals surface area (Å²) in [6.07, 6.45) is 0. The molecular formula is C25H25ClN2O5S. The molecule has 0 aromatic heterocycles. The van der Waals surface area contributed by atoms with Gasteiger partial charge in [-0.05, 0) is 62.7 Å². The summed E-state index contributed by atoms with van der Waals surface area (Å²) < 4.78 is 33.1. The van der Waals surface area contributed by atoms with Crippen LogP contribution in [0.2, 0.25) is 5.02 Å². The second-order valence-corrected chi connectivity index (χ2v) is 9.84. The van der Waals surface area contributed by atoms with Crippen molar-refractivity contribution in [2.45, 2.75) is 25.7 Å². The van der Waals surface area contributed by atoms with Gasteiger partial charge in [0.25, 0.3) is 10.0 Å². The SMILES string of the molecule is CCOC(=O)c1cc(NC(=O)CN(c2ccccc2C)S(=O)(=O)c2ccc(C)cc2)ccc1Cl. The Hall–Kier alpha value is -3.36. The van der Waals surface area contributed by atoms with Crippen molar-refractivity contribution in [2.75, 3.05) is 22.8 Å². The Labute approximate surface area is 204 Å². The number of anilines is 2. The van der Waals surface area contributed by atoms with E-state index in [1.165, 1.54) is 30.3 Å². The van der Waals surface area contributed by atoms with Gasteiger partial charge in [0.2, 0.25) is 5.91 Å². The van der Waals surface area contributed by atoms with E-state index in [0.717, 1.165) is 9.87 Å². The van der Waals surface area contributed by atoms with Crippen LogP contribution in [0.5, 0.6) is 0 Å². The highest BCUT2D eigenvalue weighted by Gasteiger charge is 2.28. The average molecular weight is 501 g/mol. The van der Waals surface area contributed by atoms with E-state index in [2.05, 4.69) is 5.32 Å². The molecule has 0 saturated heterocycles. The van der Waals surface area contributed by atoms with E-state index in [4.69, 9.17) is 16.3 Å². The van der Waals surface area contributed by atoms with Gasteiger partial charge in [-0.3, -0.25) is 9.10 Å². The van der Waals surface area contributed by atoms with Crippen molar-refractivity contribution in [3.63, 3.8) is 0 Å². The van der Waals surface area contributed by atoms with Crippen LogP contribution >= 0.6 is 11.6 Å². The number of nitrogens with zero attached hydrogens (tertiary/aromatic N) is 1. The molecule has 178 valence electrons. The van der Waals surface area contributed by atoms with Gasteiger partial charge in [0.15, 0.2) is 0 Å². The molecular weight excluding hydrogens is 476 g/mol. The Balaban J connectivity index is 1.93. The first kappa shape index (κ1) is 25.3. The lowest BCUT2D eigenvalue weighted by molar-refractivity contribution is -0.114. The Morgan fingerprint density at radius 2 is 1.68 bits per heavy atom. The smallest absolute Gasteiger partial charge is 0.339 e. The van der Waals surface area contributed by atoms with E-state index in [1.807, 2.05) is 6.92 Å². The van der Waals surface area contributed by atoms with E-state index >= 15 is 0 Å². The molecule has 1 N–H and O–H groups in total. The molecule has 0 aliphatic carbocycles. The fourth-order valence-electron chi connectivity index (χ4n) is 3.28. The topological polar surface area (TPSA) is 92.8 Å². The number of halogens is 1. The van der Waals surface area contributed by atoms with Crippen molar-refractivity contribution in [1.29, 1.82) is 0 Å². The van der Waals surface area contributed by atoms with Crippen molar-refractivity contribution in [1.82, 2.24) is 0 Å². The number of ether oxygens (including phenoxy) is 1. The maximum atomic E-state index is 13.5. The molecule has 0 fully saturated rings. The average Bonchev–Trinajstić information content (AvgIpc) is 2.79. The normalized spacial score (nSPS) is 11.1. The van der Waals surface area contributed by atoms with Crippen LogP contribution in [0.3, 0.4) is 0 Å². The number of aryl methyl sites for hydroxylation is 2. The van der Waals surface area contributed by atoms with Crippen LogP contribution in [0.4, 0.5) is 11.4 Å².